The Morgan fingerprint density at radius 3 is 2.30 bits per heavy atom. The molecule has 1 heterocycles. The fourth-order valence-electron chi connectivity index (χ4n) is 2.22. The van der Waals surface area contributed by atoms with E-state index in [4.69, 9.17) is 8.97 Å². The monoisotopic (exact) mass is 303 g/mol. The fourth-order valence-corrected chi connectivity index (χ4v) is 2.67. The van der Waals surface area contributed by atoms with Crippen LogP contribution in [0.15, 0.2) is 21.8 Å². The first-order valence-corrected chi connectivity index (χ1v) is 7.63. The third kappa shape index (κ3) is 4.64. The van der Waals surface area contributed by atoms with E-state index < -0.39 is 20.7 Å². The van der Waals surface area contributed by atoms with Gasteiger partial charge in [0.25, 0.3) is 0 Å². The van der Waals surface area contributed by atoms with E-state index in [1.165, 1.54) is 6.21 Å². The van der Waals surface area contributed by atoms with Gasteiger partial charge in [0, 0.05) is 26.3 Å². The SMILES string of the molecule is CC(C)(C)CC(C)(C)[N+]([O-])=Cc1coc(S(=O)(=O)O)c1. The van der Waals surface area contributed by atoms with E-state index in [1.54, 1.807) is 0 Å². The molecular formula is C13H21NO5S. The number of nitrogens with zero attached hydrogens (tertiary/aromatic N) is 1. The van der Waals surface area contributed by atoms with Crippen molar-refractivity contribution in [2.75, 3.05) is 0 Å². The van der Waals surface area contributed by atoms with E-state index in [9.17, 15) is 13.6 Å². The first-order chi connectivity index (χ1) is 8.81. The first-order valence-electron chi connectivity index (χ1n) is 6.19. The van der Waals surface area contributed by atoms with E-state index in [-0.39, 0.29) is 11.0 Å². The van der Waals surface area contributed by atoms with Crippen molar-refractivity contribution in [3.8, 4) is 0 Å². The average molecular weight is 303 g/mol. The summed E-state index contributed by atoms with van der Waals surface area (Å²) < 4.78 is 36.1. The Morgan fingerprint density at radius 1 is 1.35 bits per heavy atom. The molecule has 0 amide bonds. The Labute approximate surface area is 119 Å². The summed E-state index contributed by atoms with van der Waals surface area (Å²) >= 11 is 0. The predicted octanol–water partition coefficient (Wildman–Crippen LogP) is 2.67. The highest BCUT2D eigenvalue weighted by Crippen LogP contribution is 2.29. The van der Waals surface area contributed by atoms with Gasteiger partial charge in [-0.05, 0) is 5.41 Å². The van der Waals surface area contributed by atoms with Crippen LogP contribution in [-0.2, 0) is 10.1 Å². The summed E-state index contributed by atoms with van der Waals surface area (Å²) in [5.74, 6) is 0. The van der Waals surface area contributed by atoms with Crippen LogP contribution in [0.4, 0.5) is 0 Å². The Bertz CT molecular complexity index is 605. The van der Waals surface area contributed by atoms with Gasteiger partial charge in [-0.25, -0.2) is 4.74 Å². The largest absolute Gasteiger partial charge is 0.623 e. The smallest absolute Gasteiger partial charge is 0.328 e. The van der Waals surface area contributed by atoms with Crippen LogP contribution in [0.2, 0.25) is 0 Å². The van der Waals surface area contributed by atoms with Crippen molar-refractivity contribution in [3.05, 3.63) is 23.1 Å². The highest BCUT2D eigenvalue weighted by molar-refractivity contribution is 7.85. The second kappa shape index (κ2) is 5.21. The number of hydrogen-bond acceptors (Lipinski definition) is 4. The summed E-state index contributed by atoms with van der Waals surface area (Å²) in [7, 11) is -4.39. The topological polar surface area (TPSA) is 93.6 Å². The molecule has 0 aliphatic rings. The summed E-state index contributed by atoms with van der Waals surface area (Å²) in [5.41, 5.74) is -0.376. The van der Waals surface area contributed by atoms with Crippen LogP contribution in [-0.4, -0.2) is 29.5 Å². The van der Waals surface area contributed by atoms with E-state index in [0.717, 1.165) is 17.1 Å². The lowest BCUT2D eigenvalue weighted by Gasteiger charge is -2.30. The minimum absolute atomic E-state index is 0.0179. The molecule has 0 radical (unpaired) electrons. The maximum atomic E-state index is 12.2. The highest BCUT2D eigenvalue weighted by atomic mass is 32.2. The second-order valence-electron chi connectivity index (χ2n) is 6.68. The molecule has 0 atom stereocenters. The number of furan rings is 1. The zero-order valence-corrected chi connectivity index (χ0v) is 13.2. The lowest BCUT2D eigenvalue weighted by Crippen LogP contribution is -2.37. The third-order valence-electron chi connectivity index (χ3n) is 2.68. The number of rotatable bonds is 4. The molecule has 6 nitrogen and oxygen atoms in total. The number of hydrogen-bond donors (Lipinski definition) is 1. The lowest BCUT2D eigenvalue weighted by atomic mass is 9.82. The minimum atomic E-state index is -4.39. The Kier molecular flexibility index (Phi) is 4.36. The molecule has 0 saturated heterocycles. The normalized spacial score (nSPS) is 14.6. The van der Waals surface area contributed by atoms with Crippen molar-refractivity contribution in [3.63, 3.8) is 0 Å². The second-order valence-corrected chi connectivity index (χ2v) is 8.03. The van der Waals surface area contributed by atoms with E-state index >= 15 is 0 Å². The molecular weight excluding hydrogens is 282 g/mol. The van der Waals surface area contributed by atoms with E-state index in [2.05, 4.69) is 0 Å². The van der Waals surface area contributed by atoms with Crippen LogP contribution in [0.3, 0.4) is 0 Å². The van der Waals surface area contributed by atoms with E-state index in [1.807, 2.05) is 34.6 Å². The van der Waals surface area contributed by atoms with Gasteiger partial charge in [-0.2, -0.15) is 8.42 Å². The van der Waals surface area contributed by atoms with Gasteiger partial charge in [0.2, 0.25) is 5.09 Å². The molecule has 1 rings (SSSR count). The zero-order chi connectivity index (χ0) is 15.8. The zero-order valence-electron chi connectivity index (χ0n) is 12.4. The maximum absolute atomic E-state index is 12.2. The maximum Gasteiger partial charge on any atom is 0.328 e. The molecule has 0 aliphatic heterocycles. The summed E-state index contributed by atoms with van der Waals surface area (Å²) in [6.07, 6.45) is 3.02. The van der Waals surface area contributed by atoms with Gasteiger partial charge in [0.05, 0.1) is 5.56 Å². The van der Waals surface area contributed by atoms with Crippen LogP contribution >= 0.6 is 0 Å². The predicted molar refractivity (Wildman–Crippen MR) is 75.5 cm³/mol. The molecule has 0 aliphatic carbocycles. The van der Waals surface area contributed by atoms with Crippen molar-refractivity contribution in [2.24, 2.45) is 5.41 Å². The first kappa shape index (κ1) is 16.7. The van der Waals surface area contributed by atoms with Crippen LogP contribution in [0.5, 0.6) is 0 Å². The molecule has 20 heavy (non-hydrogen) atoms. The molecule has 114 valence electrons. The van der Waals surface area contributed by atoms with Crippen molar-refractivity contribution in [1.29, 1.82) is 0 Å². The average Bonchev–Trinajstić information content (AvgIpc) is 2.61. The van der Waals surface area contributed by atoms with Crippen LogP contribution in [0.25, 0.3) is 0 Å². The molecule has 1 aromatic heterocycles. The van der Waals surface area contributed by atoms with Gasteiger partial charge in [-0.3, -0.25) is 4.55 Å². The molecule has 0 saturated carbocycles. The molecule has 1 N–H and O–H groups in total. The Hall–Kier alpha value is -1.34. The molecule has 0 aromatic carbocycles. The van der Waals surface area contributed by atoms with Crippen LogP contribution in [0, 0.1) is 10.6 Å². The van der Waals surface area contributed by atoms with Gasteiger partial charge < -0.3 is 9.62 Å². The standard InChI is InChI=1S/C13H21NO5S/c1-12(2,3)9-13(4,5)14(15)7-10-6-11(19-8-10)20(16,17)18/h6-8H,9H2,1-5H3,(H,16,17,18). The van der Waals surface area contributed by atoms with Crippen LogP contribution in [0.1, 0.15) is 46.6 Å². The fraction of sp³-hybridized carbons (Fsp3) is 0.615. The quantitative estimate of drug-likeness (QED) is 0.303. The molecule has 7 heteroatoms. The summed E-state index contributed by atoms with van der Waals surface area (Å²) in [4.78, 5) is 0. The molecule has 0 spiro atoms. The molecule has 0 bridgehead atoms. The summed E-state index contributed by atoms with van der Waals surface area (Å²) in [6, 6.07) is 1.10. The molecule has 0 fully saturated rings. The summed E-state index contributed by atoms with van der Waals surface area (Å²) in [6.45, 7) is 9.74. The lowest BCUT2D eigenvalue weighted by molar-refractivity contribution is -0.540. The van der Waals surface area contributed by atoms with Crippen molar-refractivity contribution >= 4 is 16.3 Å². The van der Waals surface area contributed by atoms with E-state index in [0.29, 0.717) is 6.42 Å². The Balaban J connectivity index is 3.02. The minimum Gasteiger partial charge on any atom is -0.623 e. The Morgan fingerprint density at radius 2 is 1.90 bits per heavy atom. The van der Waals surface area contributed by atoms with Crippen LogP contribution < -0.4 is 0 Å². The van der Waals surface area contributed by atoms with Crippen molar-refractivity contribution in [1.82, 2.24) is 0 Å². The molecule has 1 aromatic rings. The van der Waals surface area contributed by atoms with Crippen molar-refractivity contribution in [2.45, 2.75) is 51.7 Å². The van der Waals surface area contributed by atoms with Gasteiger partial charge in [-0.15, -0.1) is 0 Å². The van der Waals surface area contributed by atoms with Gasteiger partial charge in [-0.1, -0.05) is 20.8 Å². The van der Waals surface area contributed by atoms with Gasteiger partial charge in [0.1, 0.15) is 6.26 Å². The number of hydroxylamine groups is 1. The van der Waals surface area contributed by atoms with Gasteiger partial charge >= 0.3 is 10.1 Å². The molecule has 0 unspecified atom stereocenters. The third-order valence-corrected chi connectivity index (χ3v) is 3.40. The highest BCUT2D eigenvalue weighted by Gasteiger charge is 2.32. The van der Waals surface area contributed by atoms with Crippen molar-refractivity contribution < 1.29 is 22.1 Å². The summed E-state index contributed by atoms with van der Waals surface area (Å²) in [5, 5.41) is 11.6. The van der Waals surface area contributed by atoms with Gasteiger partial charge in [0.15, 0.2) is 11.8 Å².